The maximum absolute atomic E-state index is 13.0. The first-order valence-electron chi connectivity index (χ1n) is 9.53. The van der Waals surface area contributed by atoms with Gasteiger partial charge >= 0.3 is 0 Å². The zero-order valence-electron chi connectivity index (χ0n) is 15.0. The minimum Gasteiger partial charge on any atom is -0.382 e. The van der Waals surface area contributed by atoms with Crippen LogP contribution in [0.3, 0.4) is 0 Å². The highest BCUT2D eigenvalue weighted by molar-refractivity contribution is 6.07. The molecule has 2 fully saturated rings. The fourth-order valence-corrected chi connectivity index (χ4v) is 4.42. The summed E-state index contributed by atoms with van der Waals surface area (Å²) in [5, 5.41) is 10.8. The fourth-order valence-electron chi connectivity index (χ4n) is 4.42. The summed E-state index contributed by atoms with van der Waals surface area (Å²) in [6.07, 6.45) is 7.86. The maximum atomic E-state index is 13.0. The standard InChI is InChI=1S/C19H33NO3/c1-4-6-13-20-15(10-5-2)14(3)16(18(20)22)17(21)19(23)11-8-7-9-12-19/h14-16,23H,4-13H2,1-3H3/t14-,15-,16-/m0/s1. The number of nitrogens with zero attached hydrogens (tertiary/aromatic N) is 1. The molecular weight excluding hydrogens is 290 g/mol. The van der Waals surface area contributed by atoms with E-state index >= 15 is 0 Å². The van der Waals surface area contributed by atoms with E-state index in [1.54, 1.807) is 0 Å². The van der Waals surface area contributed by atoms with Gasteiger partial charge in [-0.2, -0.15) is 0 Å². The topological polar surface area (TPSA) is 57.6 Å². The van der Waals surface area contributed by atoms with Crippen molar-refractivity contribution in [1.82, 2.24) is 4.90 Å². The van der Waals surface area contributed by atoms with Crippen molar-refractivity contribution in [3.8, 4) is 0 Å². The Kier molecular flexibility index (Phi) is 6.24. The third kappa shape index (κ3) is 3.62. The van der Waals surface area contributed by atoms with Crippen LogP contribution in [0.2, 0.25) is 0 Å². The van der Waals surface area contributed by atoms with Gasteiger partial charge in [0.2, 0.25) is 5.91 Å². The Morgan fingerprint density at radius 3 is 2.43 bits per heavy atom. The van der Waals surface area contributed by atoms with Gasteiger partial charge in [-0.05, 0) is 31.6 Å². The van der Waals surface area contributed by atoms with E-state index in [9.17, 15) is 14.7 Å². The Hall–Kier alpha value is -0.900. The van der Waals surface area contributed by atoms with E-state index in [4.69, 9.17) is 0 Å². The highest BCUT2D eigenvalue weighted by Crippen LogP contribution is 2.39. The summed E-state index contributed by atoms with van der Waals surface area (Å²) >= 11 is 0. The van der Waals surface area contributed by atoms with Crippen molar-refractivity contribution in [3.63, 3.8) is 0 Å². The van der Waals surface area contributed by atoms with E-state index in [0.29, 0.717) is 12.8 Å². The molecule has 1 N–H and O–H groups in total. The second-order valence-corrected chi connectivity index (χ2v) is 7.53. The third-order valence-corrected chi connectivity index (χ3v) is 5.84. The predicted molar refractivity (Wildman–Crippen MR) is 91.0 cm³/mol. The van der Waals surface area contributed by atoms with Crippen LogP contribution in [0.1, 0.15) is 78.6 Å². The molecule has 1 heterocycles. The van der Waals surface area contributed by atoms with Crippen LogP contribution in [-0.4, -0.2) is 39.9 Å². The van der Waals surface area contributed by atoms with Crippen LogP contribution in [0.4, 0.5) is 0 Å². The molecular formula is C19H33NO3. The minimum absolute atomic E-state index is 0.0118. The summed E-state index contributed by atoms with van der Waals surface area (Å²) in [6, 6.07) is 0.153. The first kappa shape index (κ1) is 18.4. The normalized spacial score (nSPS) is 30.7. The summed E-state index contributed by atoms with van der Waals surface area (Å²) in [5.41, 5.74) is -1.26. The van der Waals surface area contributed by atoms with E-state index in [2.05, 4.69) is 13.8 Å². The van der Waals surface area contributed by atoms with E-state index in [-0.39, 0.29) is 23.7 Å². The molecule has 2 rings (SSSR count). The molecule has 3 atom stereocenters. The molecule has 1 aliphatic carbocycles. The quantitative estimate of drug-likeness (QED) is 0.731. The van der Waals surface area contributed by atoms with Crippen molar-refractivity contribution in [2.45, 2.75) is 90.2 Å². The van der Waals surface area contributed by atoms with Gasteiger partial charge in [0.25, 0.3) is 0 Å². The third-order valence-electron chi connectivity index (χ3n) is 5.84. The lowest BCUT2D eigenvalue weighted by atomic mass is 9.74. The average Bonchev–Trinajstić information content (AvgIpc) is 2.76. The number of likely N-dealkylation sites (tertiary alicyclic amines) is 1. The summed E-state index contributed by atoms with van der Waals surface area (Å²) in [4.78, 5) is 27.9. The smallest absolute Gasteiger partial charge is 0.233 e. The van der Waals surface area contributed by atoms with Gasteiger partial charge in [-0.15, -0.1) is 0 Å². The lowest BCUT2D eigenvalue weighted by Gasteiger charge is -2.33. The summed E-state index contributed by atoms with van der Waals surface area (Å²) < 4.78 is 0. The first-order chi connectivity index (χ1) is 11.0. The van der Waals surface area contributed by atoms with Gasteiger partial charge < -0.3 is 10.0 Å². The van der Waals surface area contributed by atoms with Gasteiger partial charge in [-0.25, -0.2) is 0 Å². The van der Waals surface area contributed by atoms with Crippen LogP contribution in [0.25, 0.3) is 0 Å². The second kappa shape index (κ2) is 7.78. The SMILES string of the molecule is CCCCN1C(=O)[C@H](C(=O)C2(O)CCCCC2)[C@@H](C)[C@@H]1CCC. The molecule has 1 aliphatic heterocycles. The van der Waals surface area contributed by atoms with Gasteiger partial charge in [-0.3, -0.25) is 9.59 Å². The molecule has 0 bridgehead atoms. The number of ketones is 1. The van der Waals surface area contributed by atoms with Crippen molar-refractivity contribution >= 4 is 11.7 Å². The molecule has 23 heavy (non-hydrogen) atoms. The number of carbonyl (C=O) groups excluding carboxylic acids is 2. The highest BCUT2D eigenvalue weighted by atomic mass is 16.3. The molecule has 0 unspecified atom stereocenters. The number of rotatable bonds is 7. The van der Waals surface area contributed by atoms with Crippen LogP contribution in [0, 0.1) is 11.8 Å². The van der Waals surface area contributed by atoms with Crippen LogP contribution < -0.4 is 0 Å². The second-order valence-electron chi connectivity index (χ2n) is 7.53. The Morgan fingerprint density at radius 2 is 1.87 bits per heavy atom. The molecule has 1 saturated carbocycles. The van der Waals surface area contributed by atoms with Crippen molar-refractivity contribution in [2.24, 2.45) is 11.8 Å². The molecule has 1 saturated heterocycles. The monoisotopic (exact) mass is 323 g/mol. The Labute approximate surface area is 140 Å². The number of Topliss-reactive ketones (excluding diaryl/α,β-unsaturated/α-hetero) is 1. The molecule has 132 valence electrons. The minimum atomic E-state index is -1.26. The average molecular weight is 323 g/mol. The molecule has 0 aromatic rings. The number of hydrogen-bond donors (Lipinski definition) is 1. The van der Waals surface area contributed by atoms with Gasteiger partial charge in [0.05, 0.1) is 0 Å². The molecule has 2 aliphatic rings. The van der Waals surface area contributed by atoms with Crippen LogP contribution in [-0.2, 0) is 9.59 Å². The van der Waals surface area contributed by atoms with Crippen molar-refractivity contribution < 1.29 is 14.7 Å². The number of carbonyl (C=O) groups is 2. The van der Waals surface area contributed by atoms with Gasteiger partial charge in [0.1, 0.15) is 11.5 Å². The summed E-state index contributed by atoms with van der Waals surface area (Å²) in [7, 11) is 0. The Balaban J connectivity index is 2.20. The van der Waals surface area contributed by atoms with E-state index in [1.165, 1.54) is 0 Å². The number of unbranched alkanes of at least 4 members (excludes halogenated alkanes) is 1. The molecule has 4 nitrogen and oxygen atoms in total. The Morgan fingerprint density at radius 1 is 1.22 bits per heavy atom. The molecule has 1 amide bonds. The molecule has 0 radical (unpaired) electrons. The number of amides is 1. The highest BCUT2D eigenvalue weighted by Gasteiger charge is 2.53. The fraction of sp³-hybridized carbons (Fsp3) is 0.895. The Bertz CT molecular complexity index is 428. The van der Waals surface area contributed by atoms with Gasteiger partial charge in [-0.1, -0.05) is 52.9 Å². The predicted octanol–water partition coefficient (Wildman–Crippen LogP) is 3.31. The molecule has 4 heteroatoms. The maximum Gasteiger partial charge on any atom is 0.233 e. The zero-order chi connectivity index (χ0) is 17.0. The summed E-state index contributed by atoms with van der Waals surface area (Å²) in [6.45, 7) is 7.01. The van der Waals surface area contributed by atoms with Gasteiger partial charge in [0, 0.05) is 12.6 Å². The van der Waals surface area contributed by atoms with Gasteiger partial charge in [0.15, 0.2) is 5.78 Å². The molecule has 0 spiro atoms. The first-order valence-corrected chi connectivity index (χ1v) is 9.53. The lowest BCUT2D eigenvalue weighted by Crippen LogP contribution is -2.47. The van der Waals surface area contributed by atoms with Crippen LogP contribution >= 0.6 is 0 Å². The van der Waals surface area contributed by atoms with E-state index < -0.39 is 11.5 Å². The van der Waals surface area contributed by atoms with Crippen molar-refractivity contribution in [3.05, 3.63) is 0 Å². The number of aliphatic hydroxyl groups is 1. The largest absolute Gasteiger partial charge is 0.382 e. The lowest BCUT2D eigenvalue weighted by molar-refractivity contribution is -0.151. The zero-order valence-corrected chi connectivity index (χ0v) is 15.0. The summed E-state index contributed by atoms with van der Waals surface area (Å²) in [5.74, 6) is -0.854. The molecule has 0 aromatic carbocycles. The van der Waals surface area contributed by atoms with E-state index in [0.717, 1.165) is 51.5 Å². The van der Waals surface area contributed by atoms with Crippen LogP contribution in [0.15, 0.2) is 0 Å². The van der Waals surface area contributed by atoms with Crippen molar-refractivity contribution in [1.29, 1.82) is 0 Å². The van der Waals surface area contributed by atoms with Crippen LogP contribution in [0.5, 0.6) is 0 Å². The van der Waals surface area contributed by atoms with E-state index in [1.807, 2.05) is 11.8 Å². The van der Waals surface area contributed by atoms with Crippen molar-refractivity contribution in [2.75, 3.05) is 6.54 Å². The molecule has 0 aromatic heterocycles. The number of hydrogen-bond acceptors (Lipinski definition) is 3.